The fraction of sp³-hybridized carbons (Fsp3) is 0.800. The molecule has 86 valence electrons. The van der Waals surface area contributed by atoms with Crippen molar-refractivity contribution in [3.05, 3.63) is 0 Å². The molecule has 0 aliphatic carbocycles. The molecule has 1 aliphatic rings. The molecule has 0 aromatic heterocycles. The van der Waals surface area contributed by atoms with E-state index >= 15 is 0 Å². The summed E-state index contributed by atoms with van der Waals surface area (Å²) in [7, 11) is 0. The summed E-state index contributed by atoms with van der Waals surface area (Å²) in [5, 5.41) is 2.50. The van der Waals surface area contributed by atoms with Gasteiger partial charge in [-0.15, -0.1) is 0 Å². The van der Waals surface area contributed by atoms with Crippen molar-refractivity contribution in [2.45, 2.75) is 32.3 Å². The monoisotopic (exact) mass is 215 g/mol. The molecule has 5 heteroatoms. The second-order valence-corrected chi connectivity index (χ2v) is 3.42. The first-order chi connectivity index (χ1) is 7.24. The Bertz CT molecular complexity index is 223. The van der Waals surface area contributed by atoms with Crippen LogP contribution in [0.2, 0.25) is 0 Å². The van der Waals surface area contributed by atoms with Gasteiger partial charge in [0.25, 0.3) is 0 Å². The van der Waals surface area contributed by atoms with Crippen LogP contribution in [0.3, 0.4) is 0 Å². The molecule has 1 aliphatic heterocycles. The van der Waals surface area contributed by atoms with Gasteiger partial charge < -0.3 is 14.8 Å². The zero-order valence-corrected chi connectivity index (χ0v) is 8.95. The van der Waals surface area contributed by atoms with Crippen LogP contribution < -0.4 is 5.32 Å². The molecule has 1 atom stereocenters. The minimum atomic E-state index is -0.826. The lowest BCUT2D eigenvalue weighted by Crippen LogP contribution is -2.39. The van der Waals surface area contributed by atoms with Crippen molar-refractivity contribution in [3.8, 4) is 0 Å². The fourth-order valence-electron chi connectivity index (χ4n) is 1.44. The summed E-state index contributed by atoms with van der Waals surface area (Å²) < 4.78 is 9.95. The highest BCUT2D eigenvalue weighted by Crippen LogP contribution is 2.11. The molecule has 0 radical (unpaired) electrons. The minimum Gasteiger partial charge on any atom is -0.459 e. The predicted octanol–water partition coefficient (Wildman–Crippen LogP) is 0.235. The van der Waals surface area contributed by atoms with Crippen LogP contribution in [-0.4, -0.2) is 37.7 Å². The van der Waals surface area contributed by atoms with Gasteiger partial charge in [0.1, 0.15) is 0 Å². The molecule has 1 N–H and O–H groups in total. The quantitative estimate of drug-likeness (QED) is 0.541. The summed E-state index contributed by atoms with van der Waals surface area (Å²) >= 11 is 0. The molecule has 1 rings (SSSR count). The Labute approximate surface area is 89.1 Å². The van der Waals surface area contributed by atoms with E-state index in [1.807, 2.05) is 0 Å². The second kappa shape index (κ2) is 6.40. The van der Waals surface area contributed by atoms with Gasteiger partial charge in [0.2, 0.25) is 0 Å². The molecule has 0 saturated carbocycles. The SMILES string of the molecule is CCOC(=O)C(=O)NCC1CCCCO1. The Kier molecular flexibility index (Phi) is 5.10. The third-order valence-electron chi connectivity index (χ3n) is 2.23. The zero-order valence-electron chi connectivity index (χ0n) is 8.95. The van der Waals surface area contributed by atoms with Crippen molar-refractivity contribution < 1.29 is 19.1 Å². The van der Waals surface area contributed by atoms with Crippen LogP contribution in [0.5, 0.6) is 0 Å². The first-order valence-corrected chi connectivity index (χ1v) is 5.30. The van der Waals surface area contributed by atoms with Crippen molar-refractivity contribution in [2.75, 3.05) is 19.8 Å². The summed E-state index contributed by atoms with van der Waals surface area (Å²) in [4.78, 5) is 22.1. The third-order valence-corrected chi connectivity index (χ3v) is 2.23. The van der Waals surface area contributed by atoms with E-state index in [1.54, 1.807) is 6.92 Å². The lowest BCUT2D eigenvalue weighted by Gasteiger charge is -2.22. The number of rotatable bonds is 3. The van der Waals surface area contributed by atoms with E-state index in [0.717, 1.165) is 25.9 Å². The van der Waals surface area contributed by atoms with Crippen molar-refractivity contribution >= 4 is 11.9 Å². The van der Waals surface area contributed by atoms with Gasteiger partial charge in [-0.3, -0.25) is 4.79 Å². The van der Waals surface area contributed by atoms with Gasteiger partial charge in [-0.2, -0.15) is 0 Å². The van der Waals surface area contributed by atoms with Gasteiger partial charge in [0, 0.05) is 13.2 Å². The summed E-state index contributed by atoms with van der Waals surface area (Å²) in [6, 6.07) is 0. The molecule has 15 heavy (non-hydrogen) atoms. The molecule has 0 bridgehead atoms. The van der Waals surface area contributed by atoms with E-state index in [9.17, 15) is 9.59 Å². The van der Waals surface area contributed by atoms with Crippen LogP contribution in [0.4, 0.5) is 0 Å². The van der Waals surface area contributed by atoms with Crippen molar-refractivity contribution in [3.63, 3.8) is 0 Å². The first-order valence-electron chi connectivity index (χ1n) is 5.30. The van der Waals surface area contributed by atoms with Gasteiger partial charge in [-0.25, -0.2) is 4.79 Å². The summed E-state index contributed by atoms with van der Waals surface area (Å²) in [5.41, 5.74) is 0. The number of hydrogen-bond donors (Lipinski definition) is 1. The third kappa shape index (κ3) is 4.29. The van der Waals surface area contributed by atoms with Crippen LogP contribution in [0.25, 0.3) is 0 Å². The molecule has 0 spiro atoms. The zero-order chi connectivity index (χ0) is 11.1. The minimum absolute atomic E-state index is 0.0390. The number of ether oxygens (including phenoxy) is 2. The van der Waals surface area contributed by atoms with Crippen molar-refractivity contribution in [2.24, 2.45) is 0 Å². The molecule has 1 amide bonds. The average Bonchev–Trinajstić information content (AvgIpc) is 2.27. The number of carbonyl (C=O) groups is 2. The highest BCUT2D eigenvalue weighted by molar-refractivity contribution is 6.32. The fourth-order valence-corrected chi connectivity index (χ4v) is 1.44. The van der Waals surface area contributed by atoms with Crippen LogP contribution >= 0.6 is 0 Å². The van der Waals surface area contributed by atoms with Crippen LogP contribution in [0, 0.1) is 0 Å². The molecule has 5 nitrogen and oxygen atoms in total. The number of hydrogen-bond acceptors (Lipinski definition) is 4. The van der Waals surface area contributed by atoms with Crippen LogP contribution in [-0.2, 0) is 19.1 Å². The van der Waals surface area contributed by atoms with Gasteiger partial charge in [0.05, 0.1) is 12.7 Å². The van der Waals surface area contributed by atoms with E-state index in [4.69, 9.17) is 4.74 Å². The summed E-state index contributed by atoms with van der Waals surface area (Å²) in [6.45, 7) is 3.00. The molecule has 0 aromatic carbocycles. The summed E-state index contributed by atoms with van der Waals surface area (Å²) in [5.74, 6) is -1.51. The molecular formula is C10H17NO4. The molecule has 1 unspecified atom stereocenters. The van der Waals surface area contributed by atoms with Gasteiger partial charge >= 0.3 is 11.9 Å². The van der Waals surface area contributed by atoms with E-state index < -0.39 is 11.9 Å². The smallest absolute Gasteiger partial charge is 0.396 e. The topological polar surface area (TPSA) is 64.6 Å². The Morgan fingerprint density at radius 2 is 2.27 bits per heavy atom. The number of carbonyl (C=O) groups excluding carboxylic acids is 2. The molecule has 0 aromatic rings. The molecular weight excluding hydrogens is 198 g/mol. The maximum absolute atomic E-state index is 11.1. The molecule has 1 fully saturated rings. The first kappa shape index (κ1) is 12.0. The van der Waals surface area contributed by atoms with E-state index in [2.05, 4.69) is 10.1 Å². The highest BCUT2D eigenvalue weighted by Gasteiger charge is 2.18. The normalized spacial score (nSPS) is 20.7. The largest absolute Gasteiger partial charge is 0.459 e. The van der Waals surface area contributed by atoms with Crippen molar-refractivity contribution in [1.29, 1.82) is 0 Å². The number of nitrogens with one attached hydrogen (secondary N) is 1. The number of esters is 1. The van der Waals surface area contributed by atoms with E-state index in [1.165, 1.54) is 0 Å². The van der Waals surface area contributed by atoms with Gasteiger partial charge in [-0.1, -0.05) is 0 Å². The molecule has 1 heterocycles. The van der Waals surface area contributed by atoms with E-state index in [-0.39, 0.29) is 12.7 Å². The number of amides is 1. The average molecular weight is 215 g/mol. The van der Waals surface area contributed by atoms with Crippen LogP contribution in [0.15, 0.2) is 0 Å². The summed E-state index contributed by atoms with van der Waals surface area (Å²) in [6.07, 6.45) is 3.16. The maximum atomic E-state index is 11.1. The lowest BCUT2D eigenvalue weighted by atomic mass is 10.1. The molecule has 1 saturated heterocycles. The lowest BCUT2D eigenvalue weighted by molar-refractivity contribution is -0.154. The highest BCUT2D eigenvalue weighted by atomic mass is 16.5. The standard InChI is InChI=1S/C10H17NO4/c1-2-14-10(13)9(12)11-7-8-5-3-4-6-15-8/h8H,2-7H2,1H3,(H,11,12). The Balaban J connectivity index is 2.17. The van der Waals surface area contributed by atoms with Gasteiger partial charge in [0.15, 0.2) is 0 Å². The van der Waals surface area contributed by atoms with Gasteiger partial charge in [-0.05, 0) is 26.2 Å². The maximum Gasteiger partial charge on any atom is 0.396 e. The van der Waals surface area contributed by atoms with Crippen LogP contribution in [0.1, 0.15) is 26.2 Å². The predicted molar refractivity (Wildman–Crippen MR) is 53.2 cm³/mol. The Morgan fingerprint density at radius 1 is 1.47 bits per heavy atom. The van der Waals surface area contributed by atoms with Crippen molar-refractivity contribution in [1.82, 2.24) is 5.32 Å². The second-order valence-electron chi connectivity index (χ2n) is 3.42. The van der Waals surface area contributed by atoms with E-state index in [0.29, 0.717) is 6.54 Å². The Hall–Kier alpha value is -1.10. The Morgan fingerprint density at radius 3 is 2.87 bits per heavy atom.